The second-order valence-electron chi connectivity index (χ2n) is 8.98. The maximum absolute atomic E-state index is 13.4. The van der Waals surface area contributed by atoms with Crippen molar-refractivity contribution >= 4 is 17.7 Å². The Hall–Kier alpha value is -2.37. The summed E-state index contributed by atoms with van der Waals surface area (Å²) in [6.45, 7) is 7.84. The molecule has 3 amide bonds. The highest BCUT2D eigenvalue weighted by Gasteiger charge is 2.33. The van der Waals surface area contributed by atoms with Crippen molar-refractivity contribution in [2.75, 3.05) is 19.6 Å². The standard InChI is InChI=1S/C25H39N3O3/c1-4-5-6-10-15-26-24(30)21-14-11-16-28(18-21)25(31)23(20-12-8-7-9-13-20)27-22(29)17-19(2)3/h7-9,12-13,19,21,23H,4-6,10-11,14-18H2,1-3H3,(H,26,30)(H,27,29). The Labute approximate surface area is 187 Å². The van der Waals surface area contributed by atoms with Crippen LogP contribution in [-0.2, 0) is 14.4 Å². The van der Waals surface area contributed by atoms with E-state index < -0.39 is 6.04 Å². The lowest BCUT2D eigenvalue weighted by Gasteiger charge is -2.34. The molecule has 0 aromatic heterocycles. The molecule has 2 unspecified atom stereocenters. The van der Waals surface area contributed by atoms with Crippen molar-refractivity contribution in [3.05, 3.63) is 35.9 Å². The summed E-state index contributed by atoms with van der Waals surface area (Å²) < 4.78 is 0. The summed E-state index contributed by atoms with van der Waals surface area (Å²) in [5.41, 5.74) is 0.770. The number of hydrogen-bond acceptors (Lipinski definition) is 3. The first-order chi connectivity index (χ1) is 14.9. The molecule has 1 aliphatic heterocycles. The number of benzene rings is 1. The number of piperidine rings is 1. The highest BCUT2D eigenvalue weighted by atomic mass is 16.2. The molecule has 2 atom stereocenters. The Bertz CT molecular complexity index is 705. The lowest BCUT2D eigenvalue weighted by molar-refractivity contribution is -0.140. The molecule has 6 nitrogen and oxygen atoms in total. The van der Waals surface area contributed by atoms with E-state index in [1.807, 2.05) is 44.2 Å². The van der Waals surface area contributed by atoms with Gasteiger partial charge in [0.1, 0.15) is 6.04 Å². The number of amides is 3. The van der Waals surface area contributed by atoms with E-state index in [9.17, 15) is 14.4 Å². The summed E-state index contributed by atoms with van der Waals surface area (Å²) in [6, 6.07) is 8.64. The Kier molecular flexibility index (Phi) is 10.5. The molecule has 1 aromatic rings. The highest BCUT2D eigenvalue weighted by molar-refractivity contribution is 5.89. The smallest absolute Gasteiger partial charge is 0.249 e. The zero-order valence-electron chi connectivity index (χ0n) is 19.4. The maximum atomic E-state index is 13.4. The molecule has 31 heavy (non-hydrogen) atoms. The van der Waals surface area contributed by atoms with Crippen LogP contribution in [0.4, 0.5) is 0 Å². The molecule has 0 radical (unpaired) electrons. The van der Waals surface area contributed by atoms with Gasteiger partial charge in [-0.2, -0.15) is 0 Å². The van der Waals surface area contributed by atoms with E-state index in [-0.39, 0.29) is 29.6 Å². The Morgan fingerprint density at radius 3 is 2.52 bits per heavy atom. The minimum Gasteiger partial charge on any atom is -0.356 e. The summed E-state index contributed by atoms with van der Waals surface area (Å²) in [5.74, 6) is -0.202. The van der Waals surface area contributed by atoms with Gasteiger partial charge < -0.3 is 15.5 Å². The zero-order valence-corrected chi connectivity index (χ0v) is 19.4. The van der Waals surface area contributed by atoms with Crippen LogP contribution >= 0.6 is 0 Å². The van der Waals surface area contributed by atoms with E-state index in [4.69, 9.17) is 0 Å². The quantitative estimate of drug-likeness (QED) is 0.525. The summed E-state index contributed by atoms with van der Waals surface area (Å²) in [4.78, 5) is 40.2. The first-order valence-electron chi connectivity index (χ1n) is 11.8. The third-order valence-corrected chi connectivity index (χ3v) is 5.71. The normalized spacial score (nSPS) is 17.3. The molecule has 1 aliphatic rings. The lowest BCUT2D eigenvalue weighted by Crippen LogP contribution is -2.49. The van der Waals surface area contributed by atoms with E-state index in [0.717, 1.165) is 31.2 Å². The van der Waals surface area contributed by atoms with E-state index in [1.54, 1.807) is 4.90 Å². The maximum Gasteiger partial charge on any atom is 0.249 e. The number of likely N-dealkylation sites (tertiary alicyclic amines) is 1. The molecule has 2 rings (SSSR count). The molecule has 172 valence electrons. The fourth-order valence-electron chi connectivity index (χ4n) is 4.01. The molecule has 1 saturated heterocycles. The van der Waals surface area contributed by atoms with Crippen LogP contribution in [0.15, 0.2) is 30.3 Å². The third-order valence-electron chi connectivity index (χ3n) is 5.71. The van der Waals surface area contributed by atoms with Crippen LogP contribution in [0.5, 0.6) is 0 Å². The molecule has 0 aliphatic carbocycles. The number of nitrogens with one attached hydrogen (secondary N) is 2. The van der Waals surface area contributed by atoms with Gasteiger partial charge in [-0.1, -0.05) is 70.4 Å². The summed E-state index contributed by atoms with van der Waals surface area (Å²) in [7, 11) is 0. The summed E-state index contributed by atoms with van der Waals surface area (Å²) in [5, 5.41) is 5.97. The largest absolute Gasteiger partial charge is 0.356 e. The van der Waals surface area contributed by atoms with Crippen LogP contribution in [0.25, 0.3) is 0 Å². The molecular formula is C25H39N3O3. The molecular weight excluding hydrogens is 390 g/mol. The Morgan fingerprint density at radius 1 is 1.10 bits per heavy atom. The van der Waals surface area contributed by atoms with Gasteiger partial charge in [-0.15, -0.1) is 0 Å². The van der Waals surface area contributed by atoms with Crippen LogP contribution in [0.1, 0.15) is 77.3 Å². The third kappa shape index (κ3) is 8.35. The zero-order chi connectivity index (χ0) is 22.6. The number of nitrogens with zero attached hydrogens (tertiary/aromatic N) is 1. The fraction of sp³-hybridized carbons (Fsp3) is 0.640. The van der Waals surface area contributed by atoms with Crippen molar-refractivity contribution in [2.24, 2.45) is 11.8 Å². The van der Waals surface area contributed by atoms with E-state index >= 15 is 0 Å². The number of hydrogen-bond donors (Lipinski definition) is 2. The van der Waals surface area contributed by atoms with Crippen molar-refractivity contribution in [1.82, 2.24) is 15.5 Å². The van der Waals surface area contributed by atoms with E-state index in [1.165, 1.54) is 12.8 Å². The average Bonchev–Trinajstić information content (AvgIpc) is 2.77. The molecule has 0 saturated carbocycles. The van der Waals surface area contributed by atoms with Crippen molar-refractivity contribution < 1.29 is 14.4 Å². The minimum absolute atomic E-state index is 0.0362. The second-order valence-corrected chi connectivity index (χ2v) is 8.98. The molecule has 6 heteroatoms. The molecule has 2 N–H and O–H groups in total. The number of unbranched alkanes of at least 4 members (excludes halogenated alkanes) is 3. The van der Waals surface area contributed by atoms with Gasteiger partial charge >= 0.3 is 0 Å². The SMILES string of the molecule is CCCCCCNC(=O)C1CCCN(C(=O)C(NC(=O)CC(C)C)c2ccccc2)C1. The predicted octanol–water partition coefficient (Wildman–Crippen LogP) is 3.83. The summed E-state index contributed by atoms with van der Waals surface area (Å²) in [6.07, 6.45) is 6.43. The van der Waals surface area contributed by atoms with Gasteiger partial charge in [0.25, 0.3) is 0 Å². The van der Waals surface area contributed by atoms with Crippen LogP contribution in [-0.4, -0.2) is 42.3 Å². The molecule has 1 heterocycles. The number of carbonyl (C=O) groups excluding carboxylic acids is 3. The van der Waals surface area contributed by atoms with Crippen molar-refractivity contribution in [2.45, 2.75) is 71.8 Å². The first-order valence-corrected chi connectivity index (χ1v) is 11.8. The molecule has 0 bridgehead atoms. The molecule has 0 spiro atoms. The van der Waals surface area contributed by atoms with Gasteiger partial charge in [0.2, 0.25) is 17.7 Å². The first kappa shape index (κ1) is 24.9. The number of rotatable bonds is 11. The van der Waals surface area contributed by atoms with Gasteiger partial charge in [0, 0.05) is 26.1 Å². The van der Waals surface area contributed by atoms with Gasteiger partial charge in [-0.25, -0.2) is 0 Å². The average molecular weight is 430 g/mol. The minimum atomic E-state index is -0.719. The topological polar surface area (TPSA) is 78.5 Å². The van der Waals surface area contributed by atoms with Crippen molar-refractivity contribution in [1.29, 1.82) is 0 Å². The highest BCUT2D eigenvalue weighted by Crippen LogP contribution is 2.22. The van der Waals surface area contributed by atoms with Crippen LogP contribution in [0.3, 0.4) is 0 Å². The van der Waals surface area contributed by atoms with Gasteiger partial charge in [-0.05, 0) is 30.7 Å². The number of carbonyl (C=O) groups is 3. The molecule has 1 fully saturated rings. The Balaban J connectivity index is 2.01. The van der Waals surface area contributed by atoms with E-state index in [0.29, 0.717) is 26.1 Å². The predicted molar refractivity (Wildman–Crippen MR) is 123 cm³/mol. The summed E-state index contributed by atoms with van der Waals surface area (Å²) >= 11 is 0. The van der Waals surface area contributed by atoms with Crippen molar-refractivity contribution in [3.63, 3.8) is 0 Å². The van der Waals surface area contributed by atoms with Gasteiger partial charge in [0.05, 0.1) is 5.92 Å². The second kappa shape index (κ2) is 13.1. The molecule has 1 aromatic carbocycles. The van der Waals surface area contributed by atoms with Gasteiger partial charge in [-0.3, -0.25) is 14.4 Å². The monoisotopic (exact) mass is 429 g/mol. The van der Waals surface area contributed by atoms with Crippen LogP contribution < -0.4 is 10.6 Å². The fourth-order valence-corrected chi connectivity index (χ4v) is 4.01. The van der Waals surface area contributed by atoms with Crippen LogP contribution in [0.2, 0.25) is 0 Å². The lowest BCUT2D eigenvalue weighted by atomic mass is 9.95. The Morgan fingerprint density at radius 2 is 1.84 bits per heavy atom. The van der Waals surface area contributed by atoms with E-state index in [2.05, 4.69) is 17.6 Å². The van der Waals surface area contributed by atoms with Crippen LogP contribution in [0, 0.1) is 11.8 Å². The van der Waals surface area contributed by atoms with Crippen molar-refractivity contribution in [3.8, 4) is 0 Å². The van der Waals surface area contributed by atoms with Gasteiger partial charge in [0.15, 0.2) is 0 Å².